The summed E-state index contributed by atoms with van der Waals surface area (Å²) in [7, 11) is -0.511. The molecule has 0 radical (unpaired) electrons. The monoisotopic (exact) mass is 288 g/mol. The van der Waals surface area contributed by atoms with Gasteiger partial charge in [0, 0.05) is 11.0 Å². The zero-order chi connectivity index (χ0) is 15.3. The normalized spacial score (nSPS) is 23.1. The Morgan fingerprint density at radius 1 is 1.19 bits per heavy atom. The molecule has 1 saturated heterocycles. The van der Waals surface area contributed by atoms with E-state index in [0.717, 1.165) is 30.3 Å². The summed E-state index contributed by atoms with van der Waals surface area (Å²) in [6, 6.07) is 5.40. The van der Waals surface area contributed by atoms with Crippen LogP contribution in [0, 0.1) is 0 Å². The molecule has 0 atom stereocenters. The zero-order valence-corrected chi connectivity index (χ0v) is 13.0. The second-order valence-electron chi connectivity index (χ2n) is 6.82. The van der Waals surface area contributed by atoms with Gasteiger partial charge >= 0.3 is 7.12 Å². The van der Waals surface area contributed by atoms with Gasteiger partial charge in [0.25, 0.3) is 0 Å². The van der Waals surface area contributed by atoms with Gasteiger partial charge in [0.2, 0.25) is 0 Å². The number of hydrogen-bond acceptors (Lipinski definition) is 4. The fourth-order valence-electron chi connectivity index (χ4n) is 2.27. The molecule has 3 rings (SSSR count). The molecule has 4 nitrogen and oxygen atoms in total. The van der Waals surface area contributed by atoms with Gasteiger partial charge in [-0.25, -0.2) is 0 Å². The van der Waals surface area contributed by atoms with Crippen molar-refractivity contribution in [3.05, 3.63) is 23.8 Å². The molecular formula is C16H21BO4. The molecule has 0 amide bonds. The highest BCUT2D eigenvalue weighted by molar-refractivity contribution is 6.63. The van der Waals surface area contributed by atoms with Crippen LogP contribution in [0.5, 0.6) is 5.75 Å². The molecule has 1 saturated carbocycles. The summed E-state index contributed by atoms with van der Waals surface area (Å²) in [4.78, 5) is 11.1. The van der Waals surface area contributed by atoms with Crippen LogP contribution >= 0.6 is 0 Å². The van der Waals surface area contributed by atoms with Gasteiger partial charge in [0.15, 0.2) is 0 Å². The standard InChI is InChI=1S/C16H21BO4/c1-15(2)16(3,4)21-17(20-15)13-9-11(10-18)5-8-14(13)19-12-6-7-12/h5,8-10,12H,6-7H2,1-4H3. The molecule has 1 aromatic carbocycles. The number of carbonyl (C=O) groups is 1. The largest absolute Gasteiger partial charge is 0.498 e. The van der Waals surface area contributed by atoms with Gasteiger partial charge in [-0.05, 0) is 58.7 Å². The molecule has 2 fully saturated rings. The number of hydrogen-bond donors (Lipinski definition) is 0. The SMILES string of the molecule is CC1(C)OB(c2cc(C=O)ccc2OC2CC2)OC1(C)C. The molecule has 21 heavy (non-hydrogen) atoms. The molecule has 1 aliphatic heterocycles. The third kappa shape index (κ3) is 2.72. The van der Waals surface area contributed by atoms with Crippen molar-refractivity contribution in [3.63, 3.8) is 0 Å². The summed E-state index contributed by atoms with van der Waals surface area (Å²) in [5, 5.41) is 0. The van der Waals surface area contributed by atoms with E-state index in [1.807, 2.05) is 33.8 Å². The Morgan fingerprint density at radius 2 is 1.81 bits per heavy atom. The summed E-state index contributed by atoms with van der Waals surface area (Å²) in [5.41, 5.74) is 0.574. The van der Waals surface area contributed by atoms with Crippen LogP contribution in [0.4, 0.5) is 0 Å². The number of carbonyl (C=O) groups excluding carboxylic acids is 1. The summed E-state index contributed by atoms with van der Waals surface area (Å²) >= 11 is 0. The molecule has 0 spiro atoms. The lowest BCUT2D eigenvalue weighted by molar-refractivity contribution is 0.00578. The maximum absolute atomic E-state index is 11.1. The highest BCUT2D eigenvalue weighted by atomic mass is 16.7. The third-order valence-corrected chi connectivity index (χ3v) is 4.50. The van der Waals surface area contributed by atoms with Crippen molar-refractivity contribution in [1.82, 2.24) is 0 Å². The number of benzene rings is 1. The number of rotatable bonds is 4. The van der Waals surface area contributed by atoms with Crippen LogP contribution in [0.3, 0.4) is 0 Å². The van der Waals surface area contributed by atoms with E-state index in [-0.39, 0.29) is 6.10 Å². The minimum Gasteiger partial charge on any atom is -0.491 e. The van der Waals surface area contributed by atoms with Gasteiger partial charge in [-0.1, -0.05) is 0 Å². The quantitative estimate of drug-likeness (QED) is 0.630. The minimum atomic E-state index is -0.511. The van der Waals surface area contributed by atoms with Crippen LogP contribution in [0.15, 0.2) is 18.2 Å². The molecule has 112 valence electrons. The average molecular weight is 288 g/mol. The lowest BCUT2D eigenvalue weighted by atomic mass is 9.77. The summed E-state index contributed by atoms with van der Waals surface area (Å²) < 4.78 is 18.1. The fourth-order valence-corrected chi connectivity index (χ4v) is 2.27. The highest BCUT2D eigenvalue weighted by Crippen LogP contribution is 2.37. The molecule has 0 bridgehead atoms. The van der Waals surface area contributed by atoms with Crippen molar-refractivity contribution >= 4 is 18.9 Å². The van der Waals surface area contributed by atoms with E-state index >= 15 is 0 Å². The van der Waals surface area contributed by atoms with Crippen molar-refractivity contribution < 1.29 is 18.8 Å². The third-order valence-electron chi connectivity index (χ3n) is 4.50. The van der Waals surface area contributed by atoms with Crippen molar-refractivity contribution in [3.8, 4) is 5.75 Å². The predicted octanol–water partition coefficient (Wildman–Crippen LogP) is 2.34. The molecule has 0 unspecified atom stereocenters. The molecule has 1 aliphatic carbocycles. The van der Waals surface area contributed by atoms with E-state index in [9.17, 15) is 4.79 Å². The Bertz CT molecular complexity index is 547. The molecule has 5 heteroatoms. The molecule has 0 N–H and O–H groups in total. The van der Waals surface area contributed by atoms with Crippen LogP contribution < -0.4 is 10.2 Å². The Kier molecular flexibility index (Phi) is 3.37. The van der Waals surface area contributed by atoms with Crippen molar-refractivity contribution in [2.45, 2.75) is 57.8 Å². The molecule has 2 aliphatic rings. The van der Waals surface area contributed by atoms with E-state index in [4.69, 9.17) is 14.0 Å². The van der Waals surface area contributed by atoms with Crippen LogP contribution in [0.1, 0.15) is 50.9 Å². The van der Waals surface area contributed by atoms with Gasteiger partial charge in [-0.3, -0.25) is 4.79 Å². The molecule has 0 aromatic heterocycles. The van der Waals surface area contributed by atoms with Crippen LogP contribution in [0.25, 0.3) is 0 Å². The summed E-state index contributed by atoms with van der Waals surface area (Å²) in [6.45, 7) is 8.05. The molecule has 1 heterocycles. The van der Waals surface area contributed by atoms with Crippen molar-refractivity contribution in [1.29, 1.82) is 0 Å². The zero-order valence-electron chi connectivity index (χ0n) is 13.0. The molecule has 1 aromatic rings. The minimum absolute atomic E-state index is 0.285. The summed E-state index contributed by atoms with van der Waals surface area (Å²) in [6.07, 6.45) is 3.28. The van der Waals surface area contributed by atoms with Crippen molar-refractivity contribution in [2.75, 3.05) is 0 Å². The Balaban J connectivity index is 1.94. The van der Waals surface area contributed by atoms with E-state index in [1.165, 1.54) is 0 Å². The number of aldehydes is 1. The fraction of sp³-hybridized carbons (Fsp3) is 0.562. The van der Waals surface area contributed by atoms with Gasteiger partial charge in [0.1, 0.15) is 12.0 Å². The summed E-state index contributed by atoms with van der Waals surface area (Å²) in [5.74, 6) is 0.751. The van der Waals surface area contributed by atoms with Crippen LogP contribution in [0.2, 0.25) is 0 Å². The van der Waals surface area contributed by atoms with Crippen LogP contribution in [-0.2, 0) is 9.31 Å². The van der Waals surface area contributed by atoms with E-state index in [1.54, 1.807) is 12.1 Å². The Morgan fingerprint density at radius 3 is 2.33 bits per heavy atom. The van der Waals surface area contributed by atoms with Crippen molar-refractivity contribution in [2.24, 2.45) is 0 Å². The van der Waals surface area contributed by atoms with E-state index in [2.05, 4.69) is 0 Å². The topological polar surface area (TPSA) is 44.8 Å². The maximum Gasteiger partial charge on any atom is 0.498 e. The first-order valence-electron chi connectivity index (χ1n) is 7.44. The predicted molar refractivity (Wildman–Crippen MR) is 81.2 cm³/mol. The lowest BCUT2D eigenvalue weighted by Gasteiger charge is -2.32. The van der Waals surface area contributed by atoms with E-state index < -0.39 is 18.3 Å². The Hall–Kier alpha value is -1.33. The first kappa shape index (κ1) is 14.6. The molecular weight excluding hydrogens is 267 g/mol. The van der Waals surface area contributed by atoms with Gasteiger partial charge < -0.3 is 14.0 Å². The Labute approximate surface area is 125 Å². The first-order valence-corrected chi connectivity index (χ1v) is 7.44. The maximum atomic E-state index is 11.1. The average Bonchev–Trinajstić information content (AvgIpc) is 3.18. The smallest absolute Gasteiger partial charge is 0.491 e. The lowest BCUT2D eigenvalue weighted by Crippen LogP contribution is -2.41. The van der Waals surface area contributed by atoms with Gasteiger partial charge in [-0.15, -0.1) is 0 Å². The van der Waals surface area contributed by atoms with Crippen LogP contribution in [-0.4, -0.2) is 30.7 Å². The van der Waals surface area contributed by atoms with Gasteiger partial charge in [0.05, 0.1) is 17.3 Å². The van der Waals surface area contributed by atoms with E-state index in [0.29, 0.717) is 5.56 Å². The highest BCUT2D eigenvalue weighted by Gasteiger charge is 2.52. The first-order chi connectivity index (χ1) is 9.82. The number of ether oxygens (including phenoxy) is 1. The second kappa shape index (κ2) is 4.85. The second-order valence-corrected chi connectivity index (χ2v) is 6.82. The van der Waals surface area contributed by atoms with Gasteiger partial charge in [-0.2, -0.15) is 0 Å².